The van der Waals surface area contributed by atoms with E-state index in [1.54, 1.807) is 14.2 Å². The molecule has 1 fully saturated rings. The molecule has 24 heavy (non-hydrogen) atoms. The third-order valence-corrected chi connectivity index (χ3v) is 4.22. The zero-order valence-electron chi connectivity index (χ0n) is 14.8. The molecule has 6 heteroatoms. The van der Waals surface area contributed by atoms with Gasteiger partial charge in [0.15, 0.2) is 11.5 Å². The molecule has 0 bridgehead atoms. The van der Waals surface area contributed by atoms with Crippen molar-refractivity contribution in [1.29, 1.82) is 0 Å². The van der Waals surface area contributed by atoms with E-state index in [1.165, 1.54) is 0 Å². The summed E-state index contributed by atoms with van der Waals surface area (Å²) < 4.78 is 16.1. The van der Waals surface area contributed by atoms with Gasteiger partial charge in [0.1, 0.15) is 0 Å². The molecule has 1 aromatic carbocycles. The molecule has 1 saturated heterocycles. The summed E-state index contributed by atoms with van der Waals surface area (Å²) in [6.07, 6.45) is 2.29. The van der Waals surface area contributed by atoms with E-state index in [-0.39, 0.29) is 12.0 Å². The SMILES string of the molecule is CCN(CC(=O)NC[C@@H]1CCCO1)Cc1ccc(OC)c(OC)c1. The van der Waals surface area contributed by atoms with Crippen LogP contribution in [0, 0.1) is 0 Å². The van der Waals surface area contributed by atoms with E-state index in [0.717, 1.165) is 31.6 Å². The van der Waals surface area contributed by atoms with Crippen LogP contribution < -0.4 is 14.8 Å². The predicted octanol–water partition coefficient (Wildman–Crippen LogP) is 1.82. The number of carbonyl (C=O) groups excluding carboxylic acids is 1. The van der Waals surface area contributed by atoms with Crippen LogP contribution in [0.3, 0.4) is 0 Å². The minimum Gasteiger partial charge on any atom is -0.493 e. The summed E-state index contributed by atoms with van der Waals surface area (Å²) >= 11 is 0. The number of carbonyl (C=O) groups is 1. The van der Waals surface area contributed by atoms with Gasteiger partial charge in [-0.2, -0.15) is 0 Å². The lowest BCUT2D eigenvalue weighted by Gasteiger charge is -2.21. The maximum Gasteiger partial charge on any atom is 0.234 e. The predicted molar refractivity (Wildman–Crippen MR) is 92.5 cm³/mol. The van der Waals surface area contributed by atoms with Gasteiger partial charge < -0.3 is 19.5 Å². The number of amides is 1. The van der Waals surface area contributed by atoms with E-state index in [2.05, 4.69) is 10.2 Å². The Bertz CT molecular complexity index is 530. The van der Waals surface area contributed by atoms with Crippen LogP contribution in [0.4, 0.5) is 0 Å². The van der Waals surface area contributed by atoms with Crippen molar-refractivity contribution in [2.75, 3.05) is 40.5 Å². The minimum atomic E-state index is 0.0350. The first kappa shape index (κ1) is 18.5. The lowest BCUT2D eigenvalue weighted by Crippen LogP contribution is -2.39. The Morgan fingerprint density at radius 2 is 2.12 bits per heavy atom. The van der Waals surface area contributed by atoms with Gasteiger partial charge >= 0.3 is 0 Å². The molecule has 1 aromatic rings. The van der Waals surface area contributed by atoms with Gasteiger partial charge in [0.2, 0.25) is 5.91 Å². The van der Waals surface area contributed by atoms with E-state index in [9.17, 15) is 4.79 Å². The summed E-state index contributed by atoms with van der Waals surface area (Å²) in [5.74, 6) is 1.44. The van der Waals surface area contributed by atoms with Crippen molar-refractivity contribution in [1.82, 2.24) is 10.2 Å². The second-order valence-electron chi connectivity index (χ2n) is 5.93. The number of rotatable bonds is 9. The molecule has 0 saturated carbocycles. The van der Waals surface area contributed by atoms with Crippen molar-refractivity contribution in [2.24, 2.45) is 0 Å². The third-order valence-electron chi connectivity index (χ3n) is 4.22. The average Bonchev–Trinajstić information content (AvgIpc) is 3.12. The van der Waals surface area contributed by atoms with E-state index >= 15 is 0 Å². The second-order valence-corrected chi connectivity index (χ2v) is 5.93. The van der Waals surface area contributed by atoms with Gasteiger partial charge in [0.25, 0.3) is 0 Å². The van der Waals surface area contributed by atoms with E-state index in [1.807, 2.05) is 25.1 Å². The van der Waals surface area contributed by atoms with Gasteiger partial charge in [-0.05, 0) is 37.1 Å². The first-order chi connectivity index (χ1) is 11.7. The van der Waals surface area contributed by atoms with Crippen LogP contribution in [0.2, 0.25) is 0 Å². The normalized spacial score (nSPS) is 17.1. The number of benzene rings is 1. The van der Waals surface area contributed by atoms with Gasteiger partial charge in [-0.15, -0.1) is 0 Å². The fraction of sp³-hybridized carbons (Fsp3) is 0.611. The zero-order valence-corrected chi connectivity index (χ0v) is 14.8. The van der Waals surface area contributed by atoms with Gasteiger partial charge in [0.05, 0.1) is 26.9 Å². The second kappa shape index (κ2) is 9.49. The fourth-order valence-electron chi connectivity index (χ4n) is 2.81. The summed E-state index contributed by atoms with van der Waals surface area (Å²) in [5.41, 5.74) is 1.08. The number of methoxy groups -OCH3 is 2. The average molecular weight is 336 g/mol. The van der Waals surface area contributed by atoms with Gasteiger partial charge in [0, 0.05) is 19.7 Å². The smallest absolute Gasteiger partial charge is 0.234 e. The van der Waals surface area contributed by atoms with Crippen LogP contribution in [0.1, 0.15) is 25.3 Å². The Hall–Kier alpha value is -1.79. The number of nitrogens with zero attached hydrogens (tertiary/aromatic N) is 1. The molecule has 0 aromatic heterocycles. The molecule has 0 spiro atoms. The van der Waals surface area contributed by atoms with Crippen molar-refractivity contribution in [3.63, 3.8) is 0 Å². The highest BCUT2D eigenvalue weighted by Crippen LogP contribution is 2.27. The Morgan fingerprint density at radius 1 is 1.33 bits per heavy atom. The standard InChI is InChI=1S/C18H28N2O4/c1-4-20(13-18(21)19-11-15-6-5-9-24-15)12-14-7-8-16(22-2)17(10-14)23-3/h7-8,10,15H,4-6,9,11-13H2,1-3H3,(H,19,21)/t15-/m0/s1. The Labute approximate surface area is 144 Å². The fourth-order valence-corrected chi connectivity index (χ4v) is 2.81. The minimum absolute atomic E-state index is 0.0350. The van der Waals surface area contributed by atoms with Gasteiger partial charge in [-0.3, -0.25) is 9.69 Å². The van der Waals surface area contributed by atoms with Gasteiger partial charge in [-0.25, -0.2) is 0 Å². The van der Waals surface area contributed by atoms with E-state index in [4.69, 9.17) is 14.2 Å². The molecule has 1 heterocycles. The van der Waals surface area contributed by atoms with Crippen LogP contribution in [0.15, 0.2) is 18.2 Å². The van der Waals surface area contributed by atoms with Gasteiger partial charge in [-0.1, -0.05) is 13.0 Å². The molecular formula is C18H28N2O4. The Morgan fingerprint density at radius 3 is 2.75 bits per heavy atom. The summed E-state index contributed by atoms with van der Waals surface area (Å²) in [4.78, 5) is 14.2. The quantitative estimate of drug-likeness (QED) is 0.745. The van der Waals surface area contributed by atoms with Crippen molar-refractivity contribution in [3.05, 3.63) is 23.8 Å². The molecule has 2 rings (SSSR count). The zero-order chi connectivity index (χ0) is 17.4. The molecule has 0 unspecified atom stereocenters. The number of hydrogen-bond donors (Lipinski definition) is 1. The molecule has 1 aliphatic heterocycles. The summed E-state index contributed by atoms with van der Waals surface area (Å²) in [7, 11) is 3.24. The molecule has 0 radical (unpaired) electrons. The first-order valence-corrected chi connectivity index (χ1v) is 8.47. The summed E-state index contributed by atoms with van der Waals surface area (Å²) in [6, 6.07) is 5.83. The van der Waals surface area contributed by atoms with Crippen LogP contribution in [-0.4, -0.2) is 57.4 Å². The van der Waals surface area contributed by atoms with Crippen LogP contribution in [0.5, 0.6) is 11.5 Å². The molecular weight excluding hydrogens is 308 g/mol. The molecule has 1 atom stereocenters. The number of hydrogen-bond acceptors (Lipinski definition) is 5. The Balaban J connectivity index is 1.85. The number of likely N-dealkylation sites (N-methyl/N-ethyl adjacent to an activating group) is 1. The van der Waals surface area contributed by atoms with Crippen molar-refractivity contribution < 1.29 is 19.0 Å². The molecule has 0 aliphatic carbocycles. The molecule has 1 N–H and O–H groups in total. The van der Waals surface area contributed by atoms with Crippen molar-refractivity contribution >= 4 is 5.91 Å². The summed E-state index contributed by atoms with van der Waals surface area (Å²) in [6.45, 7) is 5.31. The monoisotopic (exact) mass is 336 g/mol. The first-order valence-electron chi connectivity index (χ1n) is 8.47. The molecule has 6 nitrogen and oxygen atoms in total. The number of nitrogens with one attached hydrogen (secondary N) is 1. The number of ether oxygens (including phenoxy) is 3. The Kier molecular flexibility index (Phi) is 7.34. The van der Waals surface area contributed by atoms with E-state index < -0.39 is 0 Å². The lowest BCUT2D eigenvalue weighted by atomic mass is 10.2. The van der Waals surface area contributed by atoms with Crippen LogP contribution in [-0.2, 0) is 16.1 Å². The highest BCUT2D eigenvalue weighted by Gasteiger charge is 2.17. The van der Waals surface area contributed by atoms with Crippen LogP contribution in [0.25, 0.3) is 0 Å². The lowest BCUT2D eigenvalue weighted by molar-refractivity contribution is -0.122. The van der Waals surface area contributed by atoms with Crippen molar-refractivity contribution in [2.45, 2.75) is 32.4 Å². The molecule has 134 valence electrons. The van der Waals surface area contributed by atoms with Crippen molar-refractivity contribution in [3.8, 4) is 11.5 Å². The highest BCUT2D eigenvalue weighted by molar-refractivity contribution is 5.78. The molecule has 1 amide bonds. The third kappa shape index (κ3) is 5.39. The maximum atomic E-state index is 12.1. The largest absolute Gasteiger partial charge is 0.493 e. The maximum absolute atomic E-state index is 12.1. The summed E-state index contributed by atoms with van der Waals surface area (Å²) in [5, 5.41) is 2.97. The highest BCUT2D eigenvalue weighted by atomic mass is 16.5. The van der Waals surface area contributed by atoms with Crippen LogP contribution >= 0.6 is 0 Å². The van der Waals surface area contributed by atoms with E-state index in [0.29, 0.717) is 31.1 Å². The topological polar surface area (TPSA) is 60.0 Å². The molecule has 1 aliphatic rings.